The van der Waals surface area contributed by atoms with Crippen LogP contribution in [0.3, 0.4) is 0 Å². The van der Waals surface area contributed by atoms with Crippen LogP contribution in [0.2, 0.25) is 0 Å². The Morgan fingerprint density at radius 2 is 1.22 bits per heavy atom. The molecule has 2 N–H and O–H groups in total. The molecule has 1 aliphatic rings. The highest BCUT2D eigenvalue weighted by Crippen LogP contribution is 2.14. The van der Waals surface area contributed by atoms with Gasteiger partial charge >= 0.3 is 0 Å². The topological polar surface area (TPSA) is 8.88 Å². The zero-order valence-electron chi connectivity index (χ0n) is 13.6. The summed E-state index contributed by atoms with van der Waals surface area (Å²) in [6.07, 6.45) is 2.13. The van der Waals surface area contributed by atoms with E-state index >= 15 is 0 Å². The third-order valence-electron chi connectivity index (χ3n) is 4.64. The number of nitrogens with one attached hydrogen (secondary N) is 2. The smallest absolute Gasteiger partial charge is 0.127 e. The minimum Gasteiger partial charge on any atom is -0.322 e. The molecule has 1 aliphatic heterocycles. The summed E-state index contributed by atoms with van der Waals surface area (Å²) in [5.74, 6) is 0. The van der Waals surface area contributed by atoms with Crippen molar-refractivity contribution >= 4 is 27.7 Å². The van der Waals surface area contributed by atoms with Crippen LogP contribution in [0, 0.1) is 0 Å². The summed E-state index contributed by atoms with van der Waals surface area (Å²) in [5, 5.41) is 0. The molecule has 0 unspecified atom stereocenters. The monoisotopic (exact) mass is 392 g/mol. The minimum atomic E-state index is 1.16. The first-order chi connectivity index (χ1) is 11.2. The van der Waals surface area contributed by atoms with Gasteiger partial charge in [0.1, 0.15) is 39.3 Å². The molecule has 1 heterocycles. The summed E-state index contributed by atoms with van der Waals surface area (Å²) in [6, 6.07) is 17.8. The van der Waals surface area contributed by atoms with Gasteiger partial charge in [-0.05, 0) is 30.5 Å². The maximum Gasteiger partial charge on any atom is 0.127 e. The fourth-order valence-corrected chi connectivity index (χ4v) is 3.91. The Morgan fingerprint density at radius 1 is 0.783 bits per heavy atom. The van der Waals surface area contributed by atoms with E-state index in [0.29, 0.717) is 0 Å². The van der Waals surface area contributed by atoms with E-state index in [2.05, 4.69) is 70.7 Å². The lowest BCUT2D eigenvalue weighted by Crippen LogP contribution is -3.27. The molecule has 2 aromatic carbocycles. The van der Waals surface area contributed by atoms with Crippen LogP contribution in [0.5, 0.6) is 0 Å². The van der Waals surface area contributed by atoms with Crippen molar-refractivity contribution in [2.24, 2.45) is 0 Å². The van der Waals surface area contributed by atoms with Crippen LogP contribution in [-0.2, 0) is 13.1 Å². The number of halogens is 1. The Bertz CT molecular complexity index is 604. The number of thioether (sulfide) groups is 1. The first-order valence-electron chi connectivity index (χ1n) is 8.27. The van der Waals surface area contributed by atoms with E-state index in [9.17, 15) is 0 Å². The lowest BCUT2D eigenvalue weighted by atomic mass is 10.1. The van der Waals surface area contributed by atoms with Crippen molar-refractivity contribution in [2.75, 3.05) is 32.4 Å². The lowest BCUT2D eigenvalue weighted by molar-refractivity contribution is -1.02. The second-order valence-electron chi connectivity index (χ2n) is 6.33. The molecular weight excluding hydrogens is 368 g/mol. The molecule has 1 fully saturated rings. The first kappa shape index (κ1) is 17.0. The zero-order chi connectivity index (χ0) is 16.1. The maximum absolute atomic E-state index is 3.51. The molecule has 122 valence electrons. The highest BCUT2D eigenvalue weighted by Gasteiger charge is 2.23. The minimum absolute atomic E-state index is 1.16. The molecule has 1 saturated heterocycles. The third-order valence-corrected chi connectivity index (χ3v) is 5.92. The van der Waals surface area contributed by atoms with Gasteiger partial charge in [-0.25, -0.2) is 0 Å². The fourth-order valence-electron chi connectivity index (χ4n) is 3.23. The lowest BCUT2D eigenvalue weighted by Gasteiger charge is -2.29. The van der Waals surface area contributed by atoms with E-state index in [1.807, 2.05) is 11.8 Å². The average Bonchev–Trinajstić information content (AvgIpc) is 2.59. The molecule has 0 aliphatic carbocycles. The number of hydrogen-bond donors (Lipinski definition) is 2. The van der Waals surface area contributed by atoms with Gasteiger partial charge in [-0.3, -0.25) is 0 Å². The largest absolute Gasteiger partial charge is 0.322 e. The Hall–Kier alpha value is -0.810. The predicted molar refractivity (Wildman–Crippen MR) is 101 cm³/mol. The van der Waals surface area contributed by atoms with Crippen molar-refractivity contribution < 1.29 is 9.80 Å². The molecule has 0 aromatic heterocycles. The van der Waals surface area contributed by atoms with Crippen molar-refractivity contribution in [3.63, 3.8) is 0 Å². The van der Waals surface area contributed by atoms with E-state index in [-0.39, 0.29) is 0 Å². The predicted octanol–water partition coefficient (Wildman–Crippen LogP) is 1.65. The van der Waals surface area contributed by atoms with Gasteiger partial charge in [0.15, 0.2) is 0 Å². The number of piperazine rings is 1. The molecular formula is C19H25BrN2S+2. The molecule has 0 spiro atoms. The van der Waals surface area contributed by atoms with Crippen molar-refractivity contribution in [1.82, 2.24) is 0 Å². The molecule has 0 radical (unpaired) electrons. The van der Waals surface area contributed by atoms with Gasteiger partial charge in [0.05, 0.1) is 0 Å². The summed E-state index contributed by atoms with van der Waals surface area (Å²) in [7, 11) is 0. The molecule has 0 bridgehead atoms. The van der Waals surface area contributed by atoms with Gasteiger partial charge in [0.25, 0.3) is 0 Å². The van der Waals surface area contributed by atoms with E-state index in [0.717, 1.165) is 11.0 Å². The molecule has 0 saturated carbocycles. The second-order valence-corrected chi connectivity index (χ2v) is 8.12. The maximum atomic E-state index is 3.51. The quantitative estimate of drug-likeness (QED) is 0.735. The Balaban J connectivity index is 1.47. The normalized spacial score (nSPS) is 21.3. The van der Waals surface area contributed by atoms with Gasteiger partial charge in [-0.1, -0.05) is 40.2 Å². The van der Waals surface area contributed by atoms with Crippen molar-refractivity contribution in [1.29, 1.82) is 0 Å². The fraction of sp³-hybridized carbons (Fsp3) is 0.368. The standard InChI is InChI=1S/C19H23BrN2S/c1-23-19-8-4-17(5-9-19)15-22-12-10-21(11-13-22)14-16-2-6-18(20)7-3-16/h2-9H,10-15H2,1H3/p+2. The van der Waals surface area contributed by atoms with E-state index in [1.54, 1.807) is 9.80 Å². The molecule has 2 nitrogen and oxygen atoms in total. The Morgan fingerprint density at radius 3 is 1.65 bits per heavy atom. The highest BCUT2D eigenvalue weighted by atomic mass is 79.9. The Kier molecular flexibility index (Phi) is 6.17. The van der Waals surface area contributed by atoms with Gasteiger partial charge in [-0.2, -0.15) is 0 Å². The van der Waals surface area contributed by atoms with Crippen molar-refractivity contribution in [3.8, 4) is 0 Å². The first-order valence-corrected chi connectivity index (χ1v) is 10.3. The molecule has 23 heavy (non-hydrogen) atoms. The summed E-state index contributed by atoms with van der Waals surface area (Å²) < 4.78 is 1.16. The number of rotatable bonds is 5. The SMILES string of the molecule is CSc1ccc(C[NH+]2CC[NH+](Cc3ccc(Br)cc3)CC2)cc1. The molecule has 0 amide bonds. The number of benzene rings is 2. The van der Waals surface area contributed by atoms with Crippen LogP contribution in [-0.4, -0.2) is 32.4 Å². The Labute approximate surface area is 152 Å². The summed E-state index contributed by atoms with van der Waals surface area (Å²) >= 11 is 5.32. The van der Waals surface area contributed by atoms with Crippen LogP contribution in [0.25, 0.3) is 0 Å². The van der Waals surface area contributed by atoms with Gasteiger partial charge in [0.2, 0.25) is 0 Å². The van der Waals surface area contributed by atoms with E-state index in [1.165, 1.54) is 48.7 Å². The van der Waals surface area contributed by atoms with Crippen molar-refractivity contribution in [3.05, 3.63) is 64.1 Å². The van der Waals surface area contributed by atoms with E-state index in [4.69, 9.17) is 0 Å². The van der Waals surface area contributed by atoms with Crippen LogP contribution < -0.4 is 9.80 Å². The highest BCUT2D eigenvalue weighted by molar-refractivity contribution is 9.10. The molecule has 0 atom stereocenters. The second kappa shape index (κ2) is 8.34. The average molecular weight is 393 g/mol. The third kappa shape index (κ3) is 5.08. The van der Waals surface area contributed by atoms with Crippen LogP contribution in [0.1, 0.15) is 11.1 Å². The van der Waals surface area contributed by atoms with Crippen LogP contribution >= 0.6 is 27.7 Å². The zero-order valence-corrected chi connectivity index (χ0v) is 16.1. The van der Waals surface area contributed by atoms with Gasteiger partial charge in [0, 0.05) is 20.5 Å². The molecule has 3 rings (SSSR count). The molecule has 2 aromatic rings. The summed E-state index contributed by atoms with van der Waals surface area (Å²) in [4.78, 5) is 4.79. The van der Waals surface area contributed by atoms with Crippen molar-refractivity contribution in [2.45, 2.75) is 18.0 Å². The van der Waals surface area contributed by atoms with Crippen LogP contribution in [0.4, 0.5) is 0 Å². The number of hydrogen-bond acceptors (Lipinski definition) is 1. The number of quaternary nitrogens is 2. The summed E-state index contributed by atoms with van der Waals surface area (Å²) in [6.45, 7) is 7.41. The van der Waals surface area contributed by atoms with Crippen LogP contribution in [0.15, 0.2) is 57.9 Å². The summed E-state index contributed by atoms with van der Waals surface area (Å²) in [5.41, 5.74) is 2.91. The van der Waals surface area contributed by atoms with E-state index < -0.39 is 0 Å². The molecule has 4 heteroatoms. The van der Waals surface area contributed by atoms with Gasteiger partial charge < -0.3 is 9.80 Å². The van der Waals surface area contributed by atoms with Gasteiger partial charge in [-0.15, -0.1) is 11.8 Å².